The monoisotopic (exact) mass is 358 g/mol. The van der Waals surface area contributed by atoms with Gasteiger partial charge < -0.3 is 15.4 Å². The average Bonchev–Trinajstić information content (AvgIpc) is 2.56. The first-order valence-corrected chi connectivity index (χ1v) is 8.69. The molecular weight excluding hydrogens is 333 g/mol. The van der Waals surface area contributed by atoms with Crippen molar-refractivity contribution in [3.63, 3.8) is 0 Å². The predicted molar refractivity (Wildman–Crippen MR) is 90.4 cm³/mol. The predicted octanol–water partition coefficient (Wildman–Crippen LogP) is 4.81. The lowest BCUT2D eigenvalue weighted by molar-refractivity contribution is -0.137. The van der Waals surface area contributed by atoms with E-state index in [1.165, 1.54) is 12.1 Å². The third-order valence-corrected chi connectivity index (χ3v) is 4.69. The summed E-state index contributed by atoms with van der Waals surface area (Å²) in [6.07, 6.45) is -0.686. The van der Waals surface area contributed by atoms with Gasteiger partial charge in [0.1, 0.15) is 0 Å². The normalized spacial score (nSPS) is 21.2. The van der Waals surface area contributed by atoms with Crippen molar-refractivity contribution in [2.45, 2.75) is 57.9 Å². The van der Waals surface area contributed by atoms with Crippen LogP contribution < -0.4 is 10.6 Å². The average molecular weight is 358 g/mol. The molecule has 1 heterocycles. The zero-order chi connectivity index (χ0) is 18.4. The summed E-state index contributed by atoms with van der Waals surface area (Å²) in [6, 6.07) is 4.00. The molecule has 1 saturated heterocycles. The molecule has 2 amide bonds. The highest BCUT2D eigenvalue weighted by Gasteiger charge is 2.30. The van der Waals surface area contributed by atoms with Crippen molar-refractivity contribution >= 4 is 11.7 Å². The maximum Gasteiger partial charge on any atom is 0.416 e. The number of alkyl halides is 3. The molecule has 1 aromatic rings. The summed E-state index contributed by atoms with van der Waals surface area (Å²) in [6.45, 7) is 4.87. The van der Waals surface area contributed by atoms with Crippen LogP contribution in [0, 0.1) is 5.92 Å². The molecule has 1 aliphatic heterocycles. The molecule has 1 aromatic carbocycles. The van der Waals surface area contributed by atoms with Crippen molar-refractivity contribution in [2.75, 3.05) is 11.9 Å². The second-order valence-electron chi connectivity index (χ2n) is 6.38. The summed E-state index contributed by atoms with van der Waals surface area (Å²) < 4.78 is 43.4. The van der Waals surface area contributed by atoms with Crippen LogP contribution in [0.2, 0.25) is 0 Å². The van der Waals surface area contributed by atoms with Gasteiger partial charge in [-0.3, -0.25) is 0 Å². The van der Waals surface area contributed by atoms with Crippen LogP contribution in [-0.2, 0) is 10.9 Å². The minimum atomic E-state index is -4.38. The summed E-state index contributed by atoms with van der Waals surface area (Å²) in [7, 11) is 0. The first-order chi connectivity index (χ1) is 11.8. The Morgan fingerprint density at radius 2 is 1.88 bits per heavy atom. The van der Waals surface area contributed by atoms with Crippen LogP contribution >= 0.6 is 0 Å². The van der Waals surface area contributed by atoms with Crippen molar-refractivity contribution < 1.29 is 22.7 Å². The molecule has 1 fully saturated rings. The first-order valence-electron chi connectivity index (χ1n) is 8.69. The number of benzene rings is 1. The highest BCUT2D eigenvalue weighted by Crippen LogP contribution is 2.30. The molecule has 0 bridgehead atoms. The molecule has 140 valence electrons. The minimum absolute atomic E-state index is 0.00815. The number of hydrogen-bond acceptors (Lipinski definition) is 2. The molecule has 1 aliphatic rings. The van der Waals surface area contributed by atoms with Gasteiger partial charge in [0.15, 0.2) is 0 Å². The first kappa shape index (κ1) is 19.6. The second kappa shape index (κ2) is 8.56. The topological polar surface area (TPSA) is 50.4 Å². The molecule has 2 rings (SSSR count). The summed E-state index contributed by atoms with van der Waals surface area (Å²) in [5.74, 6) is 0.475. The fourth-order valence-electron chi connectivity index (χ4n) is 3.20. The Bertz CT molecular complexity index is 556. The van der Waals surface area contributed by atoms with Gasteiger partial charge in [-0.15, -0.1) is 0 Å². The SMILES string of the molecule is CCC(CC)[C@H]1C[C@@H](NC(=O)Nc2ccc(C(F)(F)F)cc2)CCO1. The fourth-order valence-corrected chi connectivity index (χ4v) is 3.20. The van der Waals surface area contributed by atoms with Crippen molar-refractivity contribution in [1.29, 1.82) is 0 Å². The largest absolute Gasteiger partial charge is 0.416 e. The van der Waals surface area contributed by atoms with Crippen LogP contribution in [0.4, 0.5) is 23.7 Å². The van der Waals surface area contributed by atoms with Gasteiger partial charge in [0.2, 0.25) is 0 Å². The van der Waals surface area contributed by atoms with E-state index in [2.05, 4.69) is 24.5 Å². The van der Waals surface area contributed by atoms with Gasteiger partial charge in [-0.05, 0) is 43.0 Å². The van der Waals surface area contributed by atoms with Gasteiger partial charge in [0.05, 0.1) is 11.7 Å². The van der Waals surface area contributed by atoms with Gasteiger partial charge in [-0.1, -0.05) is 26.7 Å². The number of hydrogen-bond donors (Lipinski definition) is 2. The molecule has 0 spiro atoms. The summed E-state index contributed by atoms with van der Waals surface area (Å²) >= 11 is 0. The zero-order valence-electron chi connectivity index (χ0n) is 14.5. The molecule has 2 N–H and O–H groups in total. The van der Waals surface area contributed by atoms with E-state index in [-0.39, 0.29) is 12.1 Å². The zero-order valence-corrected chi connectivity index (χ0v) is 14.5. The molecule has 0 unspecified atom stereocenters. The Kier molecular flexibility index (Phi) is 6.70. The van der Waals surface area contributed by atoms with Crippen LogP contribution in [-0.4, -0.2) is 24.8 Å². The molecule has 4 nitrogen and oxygen atoms in total. The number of carbonyl (C=O) groups excluding carboxylic acids is 1. The number of carbonyl (C=O) groups is 1. The maximum absolute atomic E-state index is 12.5. The van der Waals surface area contributed by atoms with Gasteiger partial charge in [0.25, 0.3) is 0 Å². The molecular formula is C18H25F3N2O2. The summed E-state index contributed by atoms with van der Waals surface area (Å²) in [5, 5.41) is 5.47. The number of amides is 2. The lowest BCUT2D eigenvalue weighted by Gasteiger charge is -2.34. The van der Waals surface area contributed by atoms with Crippen molar-refractivity contribution in [3.8, 4) is 0 Å². The molecule has 7 heteroatoms. The third-order valence-electron chi connectivity index (χ3n) is 4.69. The summed E-state index contributed by atoms with van der Waals surface area (Å²) in [5.41, 5.74) is -0.412. The Morgan fingerprint density at radius 3 is 2.44 bits per heavy atom. The molecule has 0 radical (unpaired) electrons. The van der Waals surface area contributed by atoms with Gasteiger partial charge in [0, 0.05) is 18.3 Å². The molecule has 0 saturated carbocycles. The summed E-state index contributed by atoms with van der Waals surface area (Å²) in [4.78, 5) is 12.1. The number of anilines is 1. The van der Waals surface area contributed by atoms with Crippen molar-refractivity contribution in [2.24, 2.45) is 5.92 Å². The number of urea groups is 1. The smallest absolute Gasteiger partial charge is 0.378 e. The molecule has 2 atom stereocenters. The number of halogens is 3. The molecule has 0 aromatic heterocycles. The number of nitrogens with one attached hydrogen (secondary N) is 2. The highest BCUT2D eigenvalue weighted by molar-refractivity contribution is 5.89. The third kappa shape index (κ3) is 5.63. The molecule has 25 heavy (non-hydrogen) atoms. The van der Waals surface area contributed by atoms with Gasteiger partial charge in [-0.2, -0.15) is 13.2 Å². The number of ether oxygens (including phenoxy) is 1. The van der Waals surface area contributed by atoms with E-state index in [9.17, 15) is 18.0 Å². The van der Waals surface area contributed by atoms with E-state index in [0.29, 0.717) is 18.2 Å². The van der Waals surface area contributed by atoms with Gasteiger partial charge >= 0.3 is 12.2 Å². The fraction of sp³-hybridized carbons (Fsp3) is 0.611. The van der Waals surface area contributed by atoms with Crippen LogP contribution in [0.5, 0.6) is 0 Å². The second-order valence-corrected chi connectivity index (χ2v) is 6.38. The van der Waals surface area contributed by atoms with E-state index in [1.807, 2.05) is 0 Å². The van der Waals surface area contributed by atoms with E-state index >= 15 is 0 Å². The maximum atomic E-state index is 12.5. The van der Waals surface area contributed by atoms with Crippen LogP contribution in [0.25, 0.3) is 0 Å². The molecule has 0 aliphatic carbocycles. The standard InChI is InChI=1S/C18H25F3N2O2/c1-3-12(4-2)16-11-15(9-10-25-16)23-17(24)22-14-7-5-13(6-8-14)18(19,20)21/h5-8,12,15-16H,3-4,9-11H2,1-2H3,(H2,22,23,24)/t15-,16+/m0/s1. The van der Waals surface area contributed by atoms with Crippen molar-refractivity contribution in [1.82, 2.24) is 5.32 Å². The lowest BCUT2D eigenvalue weighted by atomic mass is 9.89. The quantitative estimate of drug-likeness (QED) is 0.793. The van der Waals surface area contributed by atoms with E-state index in [0.717, 1.165) is 37.8 Å². The van der Waals surface area contributed by atoms with Crippen LogP contribution in [0.3, 0.4) is 0 Å². The van der Waals surface area contributed by atoms with Crippen LogP contribution in [0.1, 0.15) is 45.1 Å². The Labute approximate surface area is 146 Å². The Morgan fingerprint density at radius 1 is 1.24 bits per heavy atom. The van der Waals surface area contributed by atoms with Crippen molar-refractivity contribution in [3.05, 3.63) is 29.8 Å². The van der Waals surface area contributed by atoms with E-state index < -0.39 is 17.8 Å². The lowest BCUT2D eigenvalue weighted by Crippen LogP contribution is -2.45. The Hall–Kier alpha value is -1.76. The van der Waals surface area contributed by atoms with E-state index in [1.54, 1.807) is 0 Å². The Balaban J connectivity index is 1.87. The van der Waals surface area contributed by atoms with Crippen LogP contribution in [0.15, 0.2) is 24.3 Å². The minimum Gasteiger partial charge on any atom is -0.378 e. The number of rotatable bonds is 5. The van der Waals surface area contributed by atoms with E-state index in [4.69, 9.17) is 4.74 Å². The van der Waals surface area contributed by atoms with Gasteiger partial charge in [-0.25, -0.2) is 4.79 Å². The highest BCUT2D eigenvalue weighted by atomic mass is 19.4.